The Morgan fingerprint density at radius 1 is 0.929 bits per heavy atom. The topological polar surface area (TPSA) is 112 Å². The molecule has 0 aliphatic carbocycles. The van der Waals surface area contributed by atoms with Crippen molar-refractivity contribution in [2.45, 2.75) is 38.1 Å². The Hall–Kier alpha value is -2.83. The Morgan fingerprint density at radius 3 is 2.29 bits per heavy atom. The number of benzene rings is 2. The summed E-state index contributed by atoms with van der Waals surface area (Å²) in [7, 11) is 0. The van der Waals surface area contributed by atoms with Gasteiger partial charge in [-0.1, -0.05) is 55.0 Å². The molecule has 2 atom stereocenters. The van der Waals surface area contributed by atoms with E-state index in [2.05, 4.69) is 0 Å². The van der Waals surface area contributed by atoms with Gasteiger partial charge in [-0.3, -0.25) is 9.59 Å². The molecule has 2 rings (SSSR count). The number of unbranched alkanes of at least 4 members (excludes halogenated alkanes) is 1. The van der Waals surface area contributed by atoms with Crippen molar-refractivity contribution in [2.24, 2.45) is 11.5 Å². The van der Waals surface area contributed by atoms with Gasteiger partial charge in [-0.15, -0.1) is 0 Å². The minimum absolute atomic E-state index is 0.138. The fraction of sp³-hybridized carbons (Fsp3) is 0.318. The second-order valence-electron chi connectivity index (χ2n) is 6.67. The predicted molar refractivity (Wildman–Crippen MR) is 107 cm³/mol. The van der Waals surface area contributed by atoms with Gasteiger partial charge in [-0.2, -0.15) is 0 Å². The quantitative estimate of drug-likeness (QED) is 0.298. The van der Waals surface area contributed by atoms with Crippen LogP contribution in [0.25, 0.3) is 0 Å². The monoisotopic (exact) mass is 382 g/mol. The summed E-state index contributed by atoms with van der Waals surface area (Å²) >= 11 is 0. The molecule has 0 aliphatic heterocycles. The smallest absolute Gasteiger partial charge is 0.330 e. The fourth-order valence-corrected chi connectivity index (χ4v) is 2.73. The number of carbonyl (C=O) groups excluding carboxylic acids is 3. The molecule has 0 heterocycles. The molecule has 0 amide bonds. The van der Waals surface area contributed by atoms with E-state index in [1.807, 2.05) is 6.07 Å². The molecule has 0 bridgehead atoms. The van der Waals surface area contributed by atoms with Crippen LogP contribution in [0.2, 0.25) is 0 Å². The maximum absolute atomic E-state index is 12.6. The number of hydrogen-bond acceptors (Lipinski definition) is 6. The highest BCUT2D eigenvalue weighted by Crippen LogP contribution is 2.20. The van der Waals surface area contributed by atoms with Crippen LogP contribution in [0, 0.1) is 0 Å². The molecule has 0 aliphatic rings. The fourth-order valence-electron chi connectivity index (χ4n) is 2.73. The van der Waals surface area contributed by atoms with Crippen molar-refractivity contribution in [3.05, 3.63) is 71.3 Å². The molecule has 2 aromatic carbocycles. The van der Waals surface area contributed by atoms with Crippen LogP contribution < -0.4 is 11.5 Å². The third-order valence-electron chi connectivity index (χ3n) is 4.51. The SMILES string of the molecule is C[C@@H](C(=O)OC(=O)[C@H](N)CCCCN)c1cccc(C(=O)c2ccccc2)c1. The third kappa shape index (κ3) is 5.84. The van der Waals surface area contributed by atoms with Crippen molar-refractivity contribution < 1.29 is 19.1 Å². The largest absolute Gasteiger partial charge is 0.392 e. The van der Waals surface area contributed by atoms with Crippen molar-refractivity contribution in [3.63, 3.8) is 0 Å². The zero-order valence-electron chi connectivity index (χ0n) is 16.0. The molecule has 4 N–H and O–H groups in total. The average Bonchev–Trinajstić information content (AvgIpc) is 2.73. The van der Waals surface area contributed by atoms with Gasteiger partial charge < -0.3 is 16.2 Å². The van der Waals surface area contributed by atoms with Gasteiger partial charge >= 0.3 is 11.9 Å². The highest BCUT2D eigenvalue weighted by molar-refractivity contribution is 6.09. The van der Waals surface area contributed by atoms with Crippen LogP contribution in [0.15, 0.2) is 54.6 Å². The molecule has 0 fully saturated rings. The van der Waals surface area contributed by atoms with Gasteiger partial charge in [0.25, 0.3) is 0 Å². The first-order valence-electron chi connectivity index (χ1n) is 9.35. The molecule has 6 nitrogen and oxygen atoms in total. The lowest BCUT2D eigenvalue weighted by Crippen LogP contribution is -2.34. The molecular weight excluding hydrogens is 356 g/mol. The molecule has 0 radical (unpaired) electrons. The Morgan fingerprint density at radius 2 is 1.61 bits per heavy atom. The predicted octanol–water partition coefficient (Wildman–Crippen LogP) is 2.55. The molecule has 0 saturated heterocycles. The van der Waals surface area contributed by atoms with Crippen LogP contribution in [0.1, 0.15) is 53.6 Å². The number of rotatable bonds is 9. The molecule has 0 aromatic heterocycles. The van der Waals surface area contributed by atoms with E-state index < -0.39 is 23.9 Å². The second kappa shape index (κ2) is 10.5. The molecule has 148 valence electrons. The average molecular weight is 382 g/mol. The van der Waals surface area contributed by atoms with Crippen LogP contribution >= 0.6 is 0 Å². The number of ketones is 1. The zero-order valence-corrected chi connectivity index (χ0v) is 16.0. The number of carbonyl (C=O) groups is 3. The third-order valence-corrected chi connectivity index (χ3v) is 4.51. The van der Waals surface area contributed by atoms with E-state index in [9.17, 15) is 14.4 Å². The van der Waals surface area contributed by atoms with Crippen molar-refractivity contribution >= 4 is 17.7 Å². The summed E-state index contributed by atoms with van der Waals surface area (Å²) in [6.07, 6.45) is 1.87. The van der Waals surface area contributed by atoms with E-state index in [1.165, 1.54) is 0 Å². The van der Waals surface area contributed by atoms with Crippen molar-refractivity contribution in [1.82, 2.24) is 0 Å². The molecule has 2 aromatic rings. The number of hydrogen-bond donors (Lipinski definition) is 2. The zero-order chi connectivity index (χ0) is 20.5. The van der Waals surface area contributed by atoms with Gasteiger partial charge in [-0.25, -0.2) is 4.79 Å². The lowest BCUT2D eigenvalue weighted by Gasteiger charge is -2.14. The lowest BCUT2D eigenvalue weighted by molar-refractivity contribution is -0.161. The summed E-state index contributed by atoms with van der Waals surface area (Å²) in [5.74, 6) is -2.28. The summed E-state index contributed by atoms with van der Waals surface area (Å²) in [6, 6.07) is 14.8. The summed E-state index contributed by atoms with van der Waals surface area (Å²) < 4.78 is 4.93. The normalized spacial score (nSPS) is 12.8. The first kappa shape index (κ1) is 21.5. The van der Waals surface area contributed by atoms with E-state index in [0.29, 0.717) is 36.1 Å². The summed E-state index contributed by atoms with van der Waals surface area (Å²) in [6.45, 7) is 2.15. The Labute approximate surface area is 164 Å². The van der Waals surface area contributed by atoms with E-state index in [0.717, 1.165) is 6.42 Å². The number of ether oxygens (including phenoxy) is 1. The van der Waals surface area contributed by atoms with E-state index in [-0.39, 0.29) is 5.78 Å². The van der Waals surface area contributed by atoms with Crippen LogP contribution in [0.5, 0.6) is 0 Å². The molecular formula is C22H26N2O4. The Balaban J connectivity index is 2.03. The molecule has 6 heteroatoms. The minimum Gasteiger partial charge on any atom is -0.392 e. The van der Waals surface area contributed by atoms with Crippen LogP contribution in [0.3, 0.4) is 0 Å². The first-order chi connectivity index (χ1) is 13.4. The molecule has 0 spiro atoms. The van der Waals surface area contributed by atoms with Gasteiger partial charge in [0, 0.05) is 11.1 Å². The number of nitrogens with two attached hydrogens (primary N) is 2. The first-order valence-corrected chi connectivity index (χ1v) is 9.35. The Bertz CT molecular complexity index is 820. The summed E-state index contributed by atoms with van der Waals surface area (Å²) in [5.41, 5.74) is 12.8. The molecule has 28 heavy (non-hydrogen) atoms. The summed E-state index contributed by atoms with van der Waals surface area (Å²) in [5, 5.41) is 0. The Kier molecular flexibility index (Phi) is 8.04. The standard InChI is InChI=1S/C22H26N2O4/c1-15(21(26)28-22(27)19(24)12-5-6-13-23)17-10-7-11-18(14-17)20(25)16-8-3-2-4-9-16/h2-4,7-11,14-15,19H,5-6,12-13,23-24H2,1H3/t15-,19-/m1/s1. The lowest BCUT2D eigenvalue weighted by atomic mass is 9.96. The van der Waals surface area contributed by atoms with Gasteiger partial charge in [0.2, 0.25) is 0 Å². The highest BCUT2D eigenvalue weighted by Gasteiger charge is 2.24. The van der Waals surface area contributed by atoms with E-state index >= 15 is 0 Å². The van der Waals surface area contributed by atoms with Crippen molar-refractivity contribution in [1.29, 1.82) is 0 Å². The van der Waals surface area contributed by atoms with Crippen molar-refractivity contribution in [3.8, 4) is 0 Å². The van der Waals surface area contributed by atoms with Gasteiger partial charge in [-0.05, 0) is 37.9 Å². The van der Waals surface area contributed by atoms with Gasteiger partial charge in [0.05, 0.1) is 5.92 Å². The van der Waals surface area contributed by atoms with E-state index in [4.69, 9.17) is 16.2 Å². The van der Waals surface area contributed by atoms with Gasteiger partial charge in [0.1, 0.15) is 6.04 Å². The highest BCUT2D eigenvalue weighted by atomic mass is 16.6. The summed E-state index contributed by atoms with van der Waals surface area (Å²) in [4.78, 5) is 36.9. The van der Waals surface area contributed by atoms with Crippen LogP contribution in [-0.2, 0) is 14.3 Å². The van der Waals surface area contributed by atoms with Crippen LogP contribution in [-0.4, -0.2) is 30.3 Å². The molecule has 0 unspecified atom stereocenters. The second-order valence-corrected chi connectivity index (χ2v) is 6.67. The molecule has 0 saturated carbocycles. The maximum Gasteiger partial charge on any atom is 0.330 e. The maximum atomic E-state index is 12.6. The van der Waals surface area contributed by atoms with E-state index in [1.54, 1.807) is 55.5 Å². The van der Waals surface area contributed by atoms with Crippen LogP contribution in [0.4, 0.5) is 0 Å². The van der Waals surface area contributed by atoms with Gasteiger partial charge in [0.15, 0.2) is 5.78 Å². The number of esters is 2. The van der Waals surface area contributed by atoms with Crippen molar-refractivity contribution in [2.75, 3.05) is 6.54 Å². The minimum atomic E-state index is -0.853.